The highest BCUT2D eigenvalue weighted by Gasteiger charge is 2.50. The van der Waals surface area contributed by atoms with Crippen molar-refractivity contribution >= 4 is 23.4 Å². The second-order valence-corrected chi connectivity index (χ2v) is 13.8. The summed E-state index contributed by atoms with van der Waals surface area (Å²) in [5, 5.41) is 17.4. The van der Waals surface area contributed by atoms with Crippen LogP contribution in [0.2, 0.25) is 0 Å². The summed E-state index contributed by atoms with van der Waals surface area (Å²) in [5.74, 6) is -6.30. The van der Waals surface area contributed by atoms with E-state index in [1.165, 1.54) is 4.52 Å². The number of nitrogens with one attached hydrogen (secondary N) is 2. The van der Waals surface area contributed by atoms with Crippen LogP contribution in [-0.2, 0) is 11.2 Å². The highest BCUT2D eigenvalue weighted by molar-refractivity contribution is 5.93. The Kier molecular flexibility index (Phi) is 8.06. The fourth-order valence-corrected chi connectivity index (χ4v) is 7.36. The second kappa shape index (κ2) is 11.9. The zero-order valence-electron chi connectivity index (χ0n) is 26.6. The van der Waals surface area contributed by atoms with Crippen molar-refractivity contribution in [2.45, 2.75) is 82.0 Å². The van der Waals surface area contributed by atoms with E-state index in [2.05, 4.69) is 42.4 Å². The van der Waals surface area contributed by atoms with E-state index in [4.69, 9.17) is 15.1 Å². The smallest absolute Gasteiger partial charge is 0.355 e. The molecule has 7 rings (SSSR count). The van der Waals surface area contributed by atoms with Gasteiger partial charge in [-0.1, -0.05) is 5.16 Å². The zero-order chi connectivity index (χ0) is 34.0. The van der Waals surface area contributed by atoms with Crippen LogP contribution in [0.4, 0.5) is 27.8 Å². The summed E-state index contributed by atoms with van der Waals surface area (Å²) in [6.07, 6.45) is -1.79. The van der Waals surface area contributed by atoms with Crippen LogP contribution in [0.25, 0.3) is 5.78 Å². The van der Waals surface area contributed by atoms with Gasteiger partial charge < -0.3 is 15.5 Å². The van der Waals surface area contributed by atoms with Gasteiger partial charge in [0, 0.05) is 56.9 Å². The molecule has 3 aromatic heterocycles. The van der Waals surface area contributed by atoms with E-state index in [9.17, 15) is 31.5 Å². The number of anilines is 1. The van der Waals surface area contributed by atoms with E-state index >= 15 is 0 Å². The van der Waals surface area contributed by atoms with Crippen LogP contribution >= 0.6 is 0 Å². The van der Waals surface area contributed by atoms with Gasteiger partial charge in [0.05, 0.1) is 23.9 Å². The maximum Gasteiger partial charge on any atom is 0.393 e. The zero-order valence-corrected chi connectivity index (χ0v) is 26.6. The first kappa shape index (κ1) is 32.6. The summed E-state index contributed by atoms with van der Waals surface area (Å²) >= 11 is 0. The van der Waals surface area contributed by atoms with Crippen LogP contribution in [0.5, 0.6) is 0 Å². The highest BCUT2D eigenvalue weighted by Crippen LogP contribution is 2.45. The van der Waals surface area contributed by atoms with Crippen LogP contribution in [0.3, 0.4) is 0 Å². The van der Waals surface area contributed by atoms with Crippen molar-refractivity contribution in [1.82, 2.24) is 45.4 Å². The van der Waals surface area contributed by atoms with Crippen LogP contribution in [0.1, 0.15) is 78.6 Å². The molecule has 2 saturated heterocycles. The number of rotatable bonds is 7. The Bertz CT molecular complexity index is 1700. The van der Waals surface area contributed by atoms with Gasteiger partial charge >= 0.3 is 6.18 Å². The maximum absolute atomic E-state index is 14.2. The molecule has 5 heterocycles. The molecular formula is C30H37F5N10O3. The number of carbonyl (C=O) groups is 2. The third-order valence-electron chi connectivity index (χ3n) is 10.6. The molecule has 4 fully saturated rings. The van der Waals surface area contributed by atoms with Gasteiger partial charge in [-0.15, -0.1) is 0 Å². The van der Waals surface area contributed by atoms with Gasteiger partial charge in [0.2, 0.25) is 11.8 Å². The molecular weight excluding hydrogens is 643 g/mol. The number of halogens is 5. The fourth-order valence-electron chi connectivity index (χ4n) is 7.36. The Hall–Kier alpha value is -3.96. The van der Waals surface area contributed by atoms with Crippen molar-refractivity contribution in [2.75, 3.05) is 38.1 Å². The lowest BCUT2D eigenvalue weighted by Gasteiger charge is -2.41. The molecule has 48 heavy (non-hydrogen) atoms. The monoisotopic (exact) mass is 680 g/mol. The lowest BCUT2D eigenvalue weighted by atomic mass is 9.81. The van der Waals surface area contributed by atoms with Crippen LogP contribution < -0.4 is 15.5 Å². The predicted molar refractivity (Wildman–Crippen MR) is 158 cm³/mol. The van der Waals surface area contributed by atoms with Crippen molar-refractivity contribution < 1.29 is 36.2 Å². The van der Waals surface area contributed by atoms with Gasteiger partial charge in [0.1, 0.15) is 11.4 Å². The average molecular weight is 681 g/mol. The molecule has 0 radical (unpaired) electrons. The number of aromatic nitrogens is 6. The van der Waals surface area contributed by atoms with Crippen LogP contribution in [0.15, 0.2) is 10.8 Å². The minimum Gasteiger partial charge on any atom is -0.355 e. The van der Waals surface area contributed by atoms with E-state index in [0.29, 0.717) is 30.3 Å². The molecule has 260 valence electrons. The summed E-state index contributed by atoms with van der Waals surface area (Å²) in [6.45, 7) is 3.05. The van der Waals surface area contributed by atoms with E-state index in [1.807, 2.05) is 0 Å². The van der Waals surface area contributed by atoms with Crippen molar-refractivity contribution in [2.24, 2.45) is 17.8 Å². The number of alkyl halides is 5. The van der Waals surface area contributed by atoms with Gasteiger partial charge in [-0.05, 0) is 57.2 Å². The Morgan fingerprint density at radius 2 is 1.90 bits per heavy atom. The number of piperidine rings is 1. The second-order valence-electron chi connectivity index (χ2n) is 13.8. The molecule has 3 aromatic rings. The molecule has 3 atom stereocenters. The van der Waals surface area contributed by atoms with Crippen molar-refractivity contribution in [3.63, 3.8) is 0 Å². The van der Waals surface area contributed by atoms with E-state index in [1.54, 1.807) is 13.1 Å². The summed E-state index contributed by atoms with van der Waals surface area (Å²) in [7, 11) is 2.07. The number of imidazole rings is 1. The lowest BCUT2D eigenvalue weighted by Crippen LogP contribution is -2.54. The number of hydrogen-bond acceptors (Lipinski definition) is 10. The lowest BCUT2D eigenvalue weighted by molar-refractivity contribution is -0.183. The summed E-state index contributed by atoms with van der Waals surface area (Å²) in [4.78, 5) is 40.0. The molecule has 2 aliphatic heterocycles. The first-order chi connectivity index (χ1) is 22.7. The Labute approximate surface area is 272 Å². The molecule has 2 saturated carbocycles. The third kappa shape index (κ3) is 6.30. The van der Waals surface area contributed by atoms with Gasteiger partial charge in [0.15, 0.2) is 11.5 Å². The van der Waals surface area contributed by atoms with Gasteiger partial charge in [0.25, 0.3) is 11.7 Å². The Morgan fingerprint density at radius 1 is 1.15 bits per heavy atom. The van der Waals surface area contributed by atoms with Crippen molar-refractivity contribution in [3.8, 4) is 0 Å². The molecule has 2 aliphatic carbocycles. The number of piperazine rings is 1. The molecule has 4 aliphatic rings. The molecule has 0 unspecified atom stereocenters. The molecule has 0 bridgehead atoms. The topological polar surface area (TPSA) is 147 Å². The molecule has 18 heteroatoms. The maximum atomic E-state index is 14.2. The normalized spacial score (nSPS) is 25.3. The summed E-state index contributed by atoms with van der Waals surface area (Å²) in [5.41, 5.74) is 0.879. The fraction of sp³-hybridized carbons (Fsp3) is 0.700. The number of fused-ring (bicyclic) bond motifs is 1. The largest absolute Gasteiger partial charge is 0.393 e. The SMILES string of the molecule is Cc1nonc1C(=O)N[C@H](c1cn2nc(C[C@H]3C[C@@H](C(F)(F)F)CNC3=O)c(N3CCN(C)C4(CC4)C3)nc2n1)C1CCC(F)(F)CC1. The summed E-state index contributed by atoms with van der Waals surface area (Å²) < 4.78 is 75.4. The highest BCUT2D eigenvalue weighted by atomic mass is 19.4. The minimum absolute atomic E-state index is 0.0277. The molecule has 1 spiro atoms. The van der Waals surface area contributed by atoms with E-state index in [0.717, 1.165) is 19.4 Å². The average Bonchev–Trinajstić information content (AvgIpc) is 3.46. The number of nitrogens with zero attached hydrogens (tertiary/aromatic N) is 8. The quantitative estimate of drug-likeness (QED) is 0.357. The molecule has 2 N–H and O–H groups in total. The number of carbonyl (C=O) groups excluding carboxylic acids is 2. The number of amides is 2. The molecule has 2 amide bonds. The summed E-state index contributed by atoms with van der Waals surface area (Å²) in [6, 6.07) is -0.810. The van der Waals surface area contributed by atoms with Crippen molar-refractivity contribution in [3.05, 3.63) is 29.0 Å². The molecule has 13 nitrogen and oxygen atoms in total. The van der Waals surface area contributed by atoms with Gasteiger partial charge in [-0.3, -0.25) is 14.5 Å². The number of likely N-dealkylation sites (N-methyl/N-ethyl adjacent to an activating group) is 1. The standard InChI is InChI=1S/C30H37F5N10O3/c1-16-22(42-48-41-16)26(47)38-23(17-3-5-29(31,32)6-4-17)21-14-45-27(37-21)39-24(44-10-9-43(2)28(15-44)7-8-28)20(40-45)12-18-11-19(30(33,34)35)13-36-25(18)46/h14,17-19,23H,3-13,15H2,1-2H3,(H,36,46)(H,38,47)/t18-,19-,23+/m1/s1. The first-order valence-corrected chi connectivity index (χ1v) is 16.3. The van der Waals surface area contributed by atoms with Gasteiger partial charge in [-0.25, -0.2) is 22.9 Å². The number of aryl methyl sites for hydroxylation is 1. The van der Waals surface area contributed by atoms with Crippen LogP contribution in [0, 0.1) is 24.7 Å². The Morgan fingerprint density at radius 3 is 2.56 bits per heavy atom. The minimum atomic E-state index is -4.46. The van der Waals surface area contributed by atoms with Crippen LogP contribution in [-0.4, -0.2) is 97.5 Å². The third-order valence-corrected chi connectivity index (χ3v) is 10.6. The van der Waals surface area contributed by atoms with Gasteiger partial charge in [-0.2, -0.15) is 23.3 Å². The Balaban J connectivity index is 1.25. The van der Waals surface area contributed by atoms with Crippen molar-refractivity contribution in [1.29, 1.82) is 0 Å². The molecule has 0 aromatic carbocycles. The van der Waals surface area contributed by atoms with E-state index in [-0.39, 0.29) is 61.2 Å². The first-order valence-electron chi connectivity index (χ1n) is 16.3. The van der Waals surface area contributed by atoms with E-state index < -0.39 is 54.3 Å². The number of hydrogen-bond donors (Lipinski definition) is 2. The predicted octanol–water partition coefficient (Wildman–Crippen LogP) is 3.25.